The Morgan fingerprint density at radius 1 is 1.08 bits per heavy atom. The summed E-state index contributed by atoms with van der Waals surface area (Å²) in [5.74, 6) is 0.551. The lowest BCUT2D eigenvalue weighted by Crippen LogP contribution is -2.45. The number of rotatable bonds is 2. The molecule has 0 aliphatic carbocycles. The van der Waals surface area contributed by atoms with Crippen LogP contribution in [0.3, 0.4) is 0 Å². The highest BCUT2D eigenvalue weighted by Gasteiger charge is 2.38. The minimum atomic E-state index is 0.0859. The minimum absolute atomic E-state index is 0.0859. The van der Waals surface area contributed by atoms with Crippen molar-refractivity contribution in [3.05, 3.63) is 0 Å². The predicted octanol–water partition coefficient (Wildman–Crippen LogP) is 2.42. The smallest absolute Gasteiger partial charge is 0.143 e. The van der Waals surface area contributed by atoms with E-state index in [1.165, 1.54) is 0 Å². The zero-order valence-corrected chi connectivity index (χ0v) is 9.04. The highest BCUT2D eigenvalue weighted by molar-refractivity contribution is 5.84. The molecule has 4 atom stereocenters. The second-order valence-corrected chi connectivity index (χ2v) is 4.01. The monoisotopic (exact) mass is 184 g/mol. The van der Waals surface area contributed by atoms with Crippen LogP contribution in [0.2, 0.25) is 0 Å². The molecule has 0 amide bonds. The van der Waals surface area contributed by atoms with Gasteiger partial charge in [0.05, 0.1) is 12.2 Å². The number of carbonyl (C=O) groups excluding carboxylic acids is 1. The predicted molar refractivity (Wildman–Crippen MR) is 52.6 cm³/mol. The zero-order valence-electron chi connectivity index (χ0n) is 9.04. The first-order valence-electron chi connectivity index (χ1n) is 5.30. The first-order chi connectivity index (χ1) is 6.11. The third-order valence-electron chi connectivity index (χ3n) is 3.17. The van der Waals surface area contributed by atoms with Crippen molar-refractivity contribution in [2.75, 3.05) is 0 Å². The number of ketones is 1. The number of hydrogen-bond acceptors (Lipinski definition) is 2. The molecule has 1 heterocycles. The highest BCUT2D eigenvalue weighted by Crippen LogP contribution is 2.29. The largest absolute Gasteiger partial charge is 0.374 e. The van der Waals surface area contributed by atoms with E-state index in [0.717, 1.165) is 12.8 Å². The third kappa shape index (κ3) is 1.93. The molecule has 4 unspecified atom stereocenters. The summed E-state index contributed by atoms with van der Waals surface area (Å²) in [7, 11) is 0. The normalized spacial score (nSPS) is 40.8. The number of hydrogen-bond donors (Lipinski definition) is 0. The first kappa shape index (κ1) is 10.7. The maximum Gasteiger partial charge on any atom is 0.143 e. The Labute approximate surface area is 80.7 Å². The number of Topliss-reactive ketones (excluding diaryl/α,β-unsaturated/α-hetero) is 1. The van der Waals surface area contributed by atoms with Crippen LogP contribution in [0.25, 0.3) is 0 Å². The van der Waals surface area contributed by atoms with E-state index in [0.29, 0.717) is 5.78 Å². The van der Waals surface area contributed by atoms with Gasteiger partial charge < -0.3 is 4.74 Å². The molecular formula is C11H20O2. The SMILES string of the molecule is CCC1OC(CC)C(C)C(=O)C1C. The lowest BCUT2D eigenvalue weighted by Gasteiger charge is -2.37. The highest BCUT2D eigenvalue weighted by atomic mass is 16.5. The fraction of sp³-hybridized carbons (Fsp3) is 0.909. The van der Waals surface area contributed by atoms with E-state index in [4.69, 9.17) is 4.74 Å². The maximum atomic E-state index is 11.8. The fourth-order valence-electron chi connectivity index (χ4n) is 2.14. The molecule has 76 valence electrons. The van der Waals surface area contributed by atoms with Gasteiger partial charge in [0.25, 0.3) is 0 Å². The first-order valence-corrected chi connectivity index (χ1v) is 5.30. The molecule has 0 radical (unpaired) electrons. The van der Waals surface area contributed by atoms with Crippen molar-refractivity contribution >= 4 is 5.78 Å². The summed E-state index contributed by atoms with van der Waals surface area (Å²) in [6.45, 7) is 8.13. The summed E-state index contributed by atoms with van der Waals surface area (Å²) in [5.41, 5.74) is 0. The molecule has 0 bridgehead atoms. The van der Waals surface area contributed by atoms with Gasteiger partial charge in [0, 0.05) is 11.8 Å². The van der Waals surface area contributed by atoms with Gasteiger partial charge in [0.2, 0.25) is 0 Å². The maximum absolute atomic E-state index is 11.8. The molecule has 0 spiro atoms. The number of carbonyl (C=O) groups is 1. The van der Waals surface area contributed by atoms with Crippen molar-refractivity contribution in [2.45, 2.75) is 52.7 Å². The van der Waals surface area contributed by atoms with Crippen LogP contribution in [0, 0.1) is 11.8 Å². The average molecular weight is 184 g/mol. The molecule has 0 aromatic rings. The standard InChI is InChI=1S/C11H20O2/c1-5-9-7(3)11(12)8(4)10(6-2)13-9/h7-10H,5-6H2,1-4H3. The summed E-state index contributed by atoms with van der Waals surface area (Å²) in [5, 5.41) is 0. The quantitative estimate of drug-likeness (QED) is 0.658. The minimum Gasteiger partial charge on any atom is -0.374 e. The van der Waals surface area contributed by atoms with Gasteiger partial charge in [0.1, 0.15) is 5.78 Å². The van der Waals surface area contributed by atoms with Gasteiger partial charge in [-0.1, -0.05) is 27.7 Å². The molecule has 13 heavy (non-hydrogen) atoms. The van der Waals surface area contributed by atoms with Crippen LogP contribution < -0.4 is 0 Å². The summed E-state index contributed by atoms with van der Waals surface area (Å²) in [4.78, 5) is 11.8. The lowest BCUT2D eigenvalue weighted by atomic mass is 9.83. The molecule has 1 saturated heterocycles. The van der Waals surface area contributed by atoms with E-state index in [2.05, 4.69) is 13.8 Å². The Balaban J connectivity index is 2.72. The van der Waals surface area contributed by atoms with Crippen LogP contribution in [-0.2, 0) is 9.53 Å². The van der Waals surface area contributed by atoms with Crippen molar-refractivity contribution in [2.24, 2.45) is 11.8 Å². The van der Waals surface area contributed by atoms with E-state index in [1.807, 2.05) is 13.8 Å². The Hall–Kier alpha value is -0.370. The molecule has 1 aliphatic rings. The van der Waals surface area contributed by atoms with Crippen LogP contribution >= 0.6 is 0 Å². The van der Waals surface area contributed by atoms with Gasteiger partial charge in [-0.15, -0.1) is 0 Å². The van der Waals surface area contributed by atoms with Crippen molar-refractivity contribution in [1.29, 1.82) is 0 Å². The van der Waals surface area contributed by atoms with E-state index in [1.54, 1.807) is 0 Å². The van der Waals surface area contributed by atoms with Crippen molar-refractivity contribution in [3.63, 3.8) is 0 Å². The van der Waals surface area contributed by atoms with Crippen LogP contribution in [-0.4, -0.2) is 18.0 Å². The third-order valence-corrected chi connectivity index (χ3v) is 3.17. The molecule has 0 aromatic heterocycles. The Bertz CT molecular complexity index is 171. The van der Waals surface area contributed by atoms with Crippen LogP contribution in [0.4, 0.5) is 0 Å². The lowest BCUT2D eigenvalue weighted by molar-refractivity contribution is -0.155. The molecule has 2 nitrogen and oxygen atoms in total. The second kappa shape index (κ2) is 4.23. The van der Waals surface area contributed by atoms with Gasteiger partial charge in [-0.3, -0.25) is 4.79 Å². The summed E-state index contributed by atoms with van der Waals surface area (Å²) in [6, 6.07) is 0. The van der Waals surface area contributed by atoms with Crippen molar-refractivity contribution in [3.8, 4) is 0 Å². The molecule has 2 heteroatoms. The zero-order chi connectivity index (χ0) is 10.0. The molecule has 1 rings (SSSR count). The van der Waals surface area contributed by atoms with Crippen LogP contribution in [0.1, 0.15) is 40.5 Å². The summed E-state index contributed by atoms with van der Waals surface area (Å²) >= 11 is 0. The van der Waals surface area contributed by atoms with E-state index < -0.39 is 0 Å². The molecule has 1 aliphatic heterocycles. The van der Waals surface area contributed by atoms with Crippen molar-refractivity contribution in [1.82, 2.24) is 0 Å². The van der Waals surface area contributed by atoms with E-state index in [-0.39, 0.29) is 24.0 Å². The topological polar surface area (TPSA) is 26.3 Å². The Morgan fingerprint density at radius 3 is 1.77 bits per heavy atom. The van der Waals surface area contributed by atoms with E-state index in [9.17, 15) is 4.79 Å². The van der Waals surface area contributed by atoms with Gasteiger partial charge in [0.15, 0.2) is 0 Å². The van der Waals surface area contributed by atoms with Gasteiger partial charge in [-0.25, -0.2) is 0 Å². The second-order valence-electron chi connectivity index (χ2n) is 4.01. The average Bonchev–Trinajstić information content (AvgIpc) is 2.15. The Morgan fingerprint density at radius 2 is 1.46 bits per heavy atom. The van der Waals surface area contributed by atoms with Gasteiger partial charge in [-0.05, 0) is 12.8 Å². The van der Waals surface area contributed by atoms with E-state index >= 15 is 0 Å². The van der Waals surface area contributed by atoms with Crippen LogP contribution in [0.15, 0.2) is 0 Å². The number of ether oxygens (including phenoxy) is 1. The molecule has 0 aromatic carbocycles. The summed E-state index contributed by atoms with van der Waals surface area (Å²) in [6.07, 6.45) is 2.17. The fourth-order valence-corrected chi connectivity index (χ4v) is 2.14. The van der Waals surface area contributed by atoms with Crippen molar-refractivity contribution < 1.29 is 9.53 Å². The van der Waals surface area contributed by atoms with Crippen LogP contribution in [0.5, 0.6) is 0 Å². The van der Waals surface area contributed by atoms with Gasteiger partial charge in [-0.2, -0.15) is 0 Å². The molecule has 0 N–H and O–H groups in total. The van der Waals surface area contributed by atoms with Gasteiger partial charge >= 0.3 is 0 Å². The molecule has 0 saturated carbocycles. The summed E-state index contributed by atoms with van der Waals surface area (Å²) < 4.78 is 5.86. The Kier molecular flexibility index (Phi) is 3.48. The molecule has 1 fully saturated rings. The molecular weight excluding hydrogens is 164 g/mol.